The Kier molecular flexibility index (Phi) is 3.82. The first-order valence-corrected chi connectivity index (χ1v) is 7.55. The van der Waals surface area contributed by atoms with Crippen LogP contribution in [0.5, 0.6) is 6.01 Å². The first-order chi connectivity index (χ1) is 12.4. The number of hydrogen-bond acceptors (Lipinski definition) is 6. The van der Waals surface area contributed by atoms with E-state index in [9.17, 15) is 17.6 Å². The summed E-state index contributed by atoms with van der Waals surface area (Å²) in [7, 11) is 0. The summed E-state index contributed by atoms with van der Waals surface area (Å²) in [5.74, 6) is -2.35. The van der Waals surface area contributed by atoms with Crippen LogP contribution in [0, 0.1) is 11.6 Å². The molecule has 0 spiro atoms. The molecule has 0 unspecified atom stereocenters. The average molecular weight is 366 g/mol. The number of aromatic nitrogens is 4. The molecule has 0 bridgehead atoms. The molecule has 3 aromatic rings. The van der Waals surface area contributed by atoms with Crippen LogP contribution in [0.1, 0.15) is 30.7 Å². The van der Waals surface area contributed by atoms with Crippen LogP contribution in [-0.4, -0.2) is 20.2 Å². The summed E-state index contributed by atoms with van der Waals surface area (Å²) in [5.41, 5.74) is -0.280. The minimum Gasteiger partial charge on any atom is -0.452 e. The predicted molar refractivity (Wildman–Crippen MR) is 78.2 cm³/mol. The molecule has 134 valence electrons. The van der Waals surface area contributed by atoms with Crippen LogP contribution in [0.15, 0.2) is 35.0 Å². The zero-order chi connectivity index (χ0) is 18.3. The van der Waals surface area contributed by atoms with Gasteiger partial charge in [0.25, 0.3) is 11.8 Å². The van der Waals surface area contributed by atoms with Gasteiger partial charge in [-0.2, -0.15) is 8.78 Å². The number of halogens is 4. The fourth-order valence-corrected chi connectivity index (χ4v) is 2.47. The minimum absolute atomic E-state index is 0.0236. The van der Waals surface area contributed by atoms with Crippen molar-refractivity contribution >= 4 is 0 Å². The molecule has 1 saturated carbocycles. The van der Waals surface area contributed by atoms with E-state index in [4.69, 9.17) is 9.15 Å². The molecule has 2 heterocycles. The maximum atomic E-state index is 13.4. The summed E-state index contributed by atoms with van der Waals surface area (Å²) in [6.07, 6.45) is 0.784. The number of ether oxygens (including phenoxy) is 1. The second-order valence-corrected chi connectivity index (χ2v) is 5.75. The quantitative estimate of drug-likeness (QED) is 0.640. The van der Waals surface area contributed by atoms with Gasteiger partial charge in [0.2, 0.25) is 0 Å². The fourth-order valence-electron chi connectivity index (χ4n) is 2.47. The SMILES string of the molecule is Fc1cc(F)cc(C2(Oc3ncc(-c4nnc(C(F)F)o4)cn3)CC2)c1. The Balaban J connectivity index is 1.54. The third kappa shape index (κ3) is 3.09. The van der Waals surface area contributed by atoms with E-state index >= 15 is 0 Å². The van der Waals surface area contributed by atoms with Crippen molar-refractivity contribution in [3.63, 3.8) is 0 Å². The van der Waals surface area contributed by atoms with Gasteiger partial charge in [0.1, 0.15) is 17.2 Å². The van der Waals surface area contributed by atoms with Gasteiger partial charge in [-0.1, -0.05) is 0 Å². The molecular weight excluding hydrogens is 356 g/mol. The number of benzene rings is 1. The van der Waals surface area contributed by atoms with Crippen molar-refractivity contribution in [2.24, 2.45) is 0 Å². The Bertz CT molecular complexity index is 921. The van der Waals surface area contributed by atoms with E-state index in [1.54, 1.807) is 0 Å². The van der Waals surface area contributed by atoms with Gasteiger partial charge in [0.15, 0.2) is 0 Å². The maximum absolute atomic E-state index is 13.4. The van der Waals surface area contributed by atoms with E-state index in [0.717, 1.165) is 6.07 Å². The Morgan fingerprint density at radius 1 is 1.00 bits per heavy atom. The summed E-state index contributed by atoms with van der Waals surface area (Å²) in [4.78, 5) is 7.94. The van der Waals surface area contributed by atoms with Gasteiger partial charge in [-0.25, -0.2) is 18.7 Å². The van der Waals surface area contributed by atoms with Crippen molar-refractivity contribution < 1.29 is 26.7 Å². The lowest BCUT2D eigenvalue weighted by Crippen LogP contribution is -2.17. The van der Waals surface area contributed by atoms with Crippen LogP contribution in [0.25, 0.3) is 11.5 Å². The third-order valence-electron chi connectivity index (χ3n) is 3.88. The third-order valence-corrected chi connectivity index (χ3v) is 3.88. The van der Waals surface area contributed by atoms with E-state index in [1.165, 1.54) is 24.5 Å². The summed E-state index contributed by atoms with van der Waals surface area (Å²) in [6, 6.07) is 3.16. The molecule has 1 aliphatic carbocycles. The van der Waals surface area contributed by atoms with Crippen LogP contribution in [0.2, 0.25) is 0 Å². The van der Waals surface area contributed by atoms with Crippen molar-refractivity contribution in [3.8, 4) is 17.5 Å². The first kappa shape index (κ1) is 16.4. The van der Waals surface area contributed by atoms with Gasteiger partial charge in [0.05, 0.1) is 5.56 Å². The van der Waals surface area contributed by atoms with Crippen LogP contribution in [0.4, 0.5) is 17.6 Å². The van der Waals surface area contributed by atoms with Gasteiger partial charge in [-0.05, 0) is 25.0 Å². The van der Waals surface area contributed by atoms with Crippen molar-refractivity contribution in [1.29, 1.82) is 0 Å². The lowest BCUT2D eigenvalue weighted by atomic mass is 10.1. The molecular formula is C16H10F4N4O2. The Morgan fingerprint density at radius 3 is 2.19 bits per heavy atom. The Morgan fingerprint density at radius 2 is 1.65 bits per heavy atom. The second-order valence-electron chi connectivity index (χ2n) is 5.75. The normalized spacial score (nSPS) is 15.3. The summed E-state index contributed by atoms with van der Waals surface area (Å²) in [5, 5.41) is 6.71. The molecule has 0 atom stereocenters. The highest BCUT2D eigenvalue weighted by atomic mass is 19.3. The lowest BCUT2D eigenvalue weighted by Gasteiger charge is -2.17. The van der Waals surface area contributed by atoms with E-state index in [-0.39, 0.29) is 17.5 Å². The van der Waals surface area contributed by atoms with Crippen LogP contribution in [-0.2, 0) is 5.60 Å². The molecule has 0 aliphatic heterocycles. The van der Waals surface area contributed by atoms with Gasteiger partial charge >= 0.3 is 12.4 Å². The molecule has 1 aromatic carbocycles. The highest BCUT2D eigenvalue weighted by Crippen LogP contribution is 2.49. The summed E-state index contributed by atoms with van der Waals surface area (Å²) >= 11 is 0. The van der Waals surface area contributed by atoms with Crippen LogP contribution < -0.4 is 4.74 Å². The Hall–Kier alpha value is -3.04. The fraction of sp³-hybridized carbons (Fsp3) is 0.250. The molecule has 0 N–H and O–H groups in total. The Labute approximate surface area is 143 Å². The number of hydrogen-bond donors (Lipinski definition) is 0. The number of rotatable bonds is 5. The van der Waals surface area contributed by atoms with Crippen molar-refractivity contribution in [1.82, 2.24) is 20.2 Å². The van der Waals surface area contributed by atoms with Crippen molar-refractivity contribution in [2.75, 3.05) is 0 Å². The van der Waals surface area contributed by atoms with E-state index in [2.05, 4.69) is 20.2 Å². The smallest absolute Gasteiger partial charge is 0.317 e. The molecule has 0 amide bonds. The minimum atomic E-state index is -2.87. The van der Waals surface area contributed by atoms with Gasteiger partial charge < -0.3 is 9.15 Å². The molecule has 1 aliphatic rings. The van der Waals surface area contributed by atoms with Crippen molar-refractivity contribution in [2.45, 2.75) is 24.9 Å². The van der Waals surface area contributed by atoms with Gasteiger partial charge in [-0.3, -0.25) is 0 Å². The molecule has 1 fully saturated rings. The molecule has 0 saturated heterocycles. The molecule has 26 heavy (non-hydrogen) atoms. The van der Waals surface area contributed by atoms with Crippen LogP contribution in [0.3, 0.4) is 0 Å². The molecule has 4 rings (SSSR count). The van der Waals surface area contributed by atoms with E-state index in [1.807, 2.05) is 0 Å². The largest absolute Gasteiger partial charge is 0.452 e. The van der Waals surface area contributed by atoms with E-state index < -0.39 is 29.6 Å². The second kappa shape index (κ2) is 6.04. The zero-order valence-electron chi connectivity index (χ0n) is 13.0. The molecule has 0 radical (unpaired) electrons. The molecule has 6 nitrogen and oxygen atoms in total. The lowest BCUT2D eigenvalue weighted by molar-refractivity contribution is 0.116. The first-order valence-electron chi connectivity index (χ1n) is 7.55. The van der Waals surface area contributed by atoms with Gasteiger partial charge in [-0.15, -0.1) is 10.2 Å². The molecule has 2 aromatic heterocycles. The topological polar surface area (TPSA) is 73.9 Å². The highest BCUT2D eigenvalue weighted by molar-refractivity contribution is 5.49. The van der Waals surface area contributed by atoms with Gasteiger partial charge in [0, 0.05) is 24.0 Å². The maximum Gasteiger partial charge on any atom is 0.317 e. The highest BCUT2D eigenvalue weighted by Gasteiger charge is 2.48. The standard InChI is InChI=1S/C16H10F4N4O2/c17-10-3-9(4-11(18)5-10)16(1-2-16)26-15-21-6-8(7-22-15)13-23-24-14(25-13)12(19)20/h3-7,12H,1-2H2. The average Bonchev–Trinajstić information content (AvgIpc) is 3.20. The zero-order valence-corrected chi connectivity index (χ0v) is 13.0. The van der Waals surface area contributed by atoms with E-state index in [0.29, 0.717) is 18.4 Å². The predicted octanol–water partition coefficient (Wildman–Crippen LogP) is 3.81. The summed E-state index contributed by atoms with van der Waals surface area (Å²) < 4.78 is 62.3. The van der Waals surface area contributed by atoms with Crippen molar-refractivity contribution in [3.05, 3.63) is 53.7 Å². The van der Waals surface area contributed by atoms with Crippen LogP contribution >= 0.6 is 0 Å². The number of alkyl halides is 2. The number of nitrogens with zero attached hydrogens (tertiary/aromatic N) is 4. The molecule has 10 heteroatoms. The monoisotopic (exact) mass is 366 g/mol. The summed E-state index contributed by atoms with van der Waals surface area (Å²) in [6.45, 7) is 0.